The molecule has 0 radical (unpaired) electrons. The van der Waals surface area contributed by atoms with E-state index in [1.807, 2.05) is 30.0 Å². The zero-order valence-corrected chi connectivity index (χ0v) is 17.4. The number of nitrogens with zero attached hydrogens (tertiary/aromatic N) is 1. The van der Waals surface area contributed by atoms with Gasteiger partial charge in [0.2, 0.25) is 5.91 Å². The Hall–Kier alpha value is -1.59. The van der Waals surface area contributed by atoms with Crippen LogP contribution in [0.25, 0.3) is 0 Å². The van der Waals surface area contributed by atoms with Gasteiger partial charge in [0.05, 0.1) is 5.92 Å². The van der Waals surface area contributed by atoms with Crippen molar-refractivity contribution in [1.29, 1.82) is 0 Å². The van der Waals surface area contributed by atoms with E-state index in [0.717, 1.165) is 50.3 Å². The van der Waals surface area contributed by atoms with Crippen LogP contribution in [0.1, 0.15) is 49.0 Å². The molecule has 2 N–H and O–H groups in total. The summed E-state index contributed by atoms with van der Waals surface area (Å²) in [5.74, 6) is 1.19. The monoisotopic (exact) mass is 393 g/mol. The minimum Gasteiger partial charge on any atom is -0.338 e. The highest BCUT2D eigenvalue weighted by molar-refractivity contribution is 5.98. The number of piperidine rings is 2. The molecule has 2 fully saturated rings. The first-order chi connectivity index (χ1) is 12.4. The summed E-state index contributed by atoms with van der Waals surface area (Å²) in [6.45, 7) is 9.71. The Morgan fingerprint density at radius 3 is 2.52 bits per heavy atom. The summed E-state index contributed by atoms with van der Waals surface area (Å²) in [6, 6.07) is 5.65. The standard InChI is InChI=1S/C21H31N3O2.ClH/c1-14-9-15(2)13-24(12-14)21(26)17-7-6-16(3)19(10-17)23-20(25)18-5-4-8-22-11-18;/h6-7,10,14-15,18,22H,4-5,8-9,11-13H2,1-3H3,(H,23,25);1H. The first kappa shape index (κ1) is 21.7. The van der Waals surface area contributed by atoms with Crippen LogP contribution in [-0.2, 0) is 4.79 Å². The maximum absolute atomic E-state index is 12.9. The van der Waals surface area contributed by atoms with E-state index in [2.05, 4.69) is 24.5 Å². The zero-order valence-electron chi connectivity index (χ0n) is 16.6. The Morgan fingerprint density at radius 1 is 1.19 bits per heavy atom. The third-order valence-electron chi connectivity index (χ3n) is 5.57. The number of rotatable bonds is 3. The normalized spacial score (nSPS) is 25.4. The molecule has 2 saturated heterocycles. The molecule has 27 heavy (non-hydrogen) atoms. The number of amides is 2. The molecule has 0 spiro atoms. The van der Waals surface area contributed by atoms with Crippen LogP contribution in [0.2, 0.25) is 0 Å². The van der Waals surface area contributed by atoms with Crippen molar-refractivity contribution in [1.82, 2.24) is 10.2 Å². The predicted octanol–water partition coefficient (Wildman–Crippen LogP) is 3.47. The Balaban J connectivity index is 0.00000261. The molecule has 2 heterocycles. The summed E-state index contributed by atoms with van der Waals surface area (Å²) in [5.41, 5.74) is 2.40. The molecule has 2 amide bonds. The minimum absolute atomic E-state index is 0. The molecule has 150 valence electrons. The van der Waals surface area contributed by atoms with E-state index < -0.39 is 0 Å². The fourth-order valence-corrected chi connectivity index (χ4v) is 4.21. The van der Waals surface area contributed by atoms with Crippen molar-refractivity contribution in [3.63, 3.8) is 0 Å². The second-order valence-corrected chi connectivity index (χ2v) is 8.22. The molecule has 3 atom stereocenters. The fourth-order valence-electron chi connectivity index (χ4n) is 4.21. The summed E-state index contributed by atoms with van der Waals surface area (Å²) >= 11 is 0. The van der Waals surface area contributed by atoms with Gasteiger partial charge in [0.15, 0.2) is 0 Å². The van der Waals surface area contributed by atoms with Gasteiger partial charge in [-0.2, -0.15) is 0 Å². The van der Waals surface area contributed by atoms with Crippen molar-refractivity contribution in [2.24, 2.45) is 17.8 Å². The Kier molecular flexibility index (Phi) is 7.68. The van der Waals surface area contributed by atoms with Gasteiger partial charge in [0.25, 0.3) is 5.91 Å². The highest BCUT2D eigenvalue weighted by Gasteiger charge is 2.27. The van der Waals surface area contributed by atoms with Crippen LogP contribution in [0.5, 0.6) is 0 Å². The molecule has 5 nitrogen and oxygen atoms in total. The lowest BCUT2D eigenvalue weighted by Gasteiger charge is -2.35. The van der Waals surface area contributed by atoms with Crippen LogP contribution in [0.4, 0.5) is 5.69 Å². The highest BCUT2D eigenvalue weighted by atomic mass is 35.5. The summed E-state index contributed by atoms with van der Waals surface area (Å²) < 4.78 is 0. The van der Waals surface area contributed by atoms with Crippen molar-refractivity contribution in [3.05, 3.63) is 29.3 Å². The van der Waals surface area contributed by atoms with Gasteiger partial charge in [-0.25, -0.2) is 0 Å². The molecule has 2 aliphatic heterocycles. The van der Waals surface area contributed by atoms with Crippen molar-refractivity contribution in [2.45, 2.75) is 40.0 Å². The molecule has 2 aliphatic rings. The highest BCUT2D eigenvalue weighted by Crippen LogP contribution is 2.25. The van der Waals surface area contributed by atoms with Crippen LogP contribution < -0.4 is 10.6 Å². The number of aryl methyl sites for hydroxylation is 1. The quantitative estimate of drug-likeness (QED) is 0.826. The van der Waals surface area contributed by atoms with Crippen LogP contribution in [0.15, 0.2) is 18.2 Å². The van der Waals surface area contributed by atoms with E-state index in [1.165, 1.54) is 6.42 Å². The lowest BCUT2D eigenvalue weighted by molar-refractivity contribution is -0.120. The average Bonchev–Trinajstić information content (AvgIpc) is 2.63. The molecule has 3 rings (SSSR count). The molecule has 0 aliphatic carbocycles. The number of halogens is 1. The van der Waals surface area contributed by atoms with E-state index in [-0.39, 0.29) is 30.1 Å². The SMILES string of the molecule is Cc1ccc(C(=O)N2CC(C)CC(C)C2)cc1NC(=O)C1CCCNC1.Cl. The summed E-state index contributed by atoms with van der Waals surface area (Å²) in [6.07, 6.45) is 3.12. The number of hydrogen-bond acceptors (Lipinski definition) is 3. The summed E-state index contributed by atoms with van der Waals surface area (Å²) in [7, 11) is 0. The van der Waals surface area contributed by atoms with Crippen LogP contribution in [0, 0.1) is 24.7 Å². The van der Waals surface area contributed by atoms with Crippen molar-refractivity contribution >= 4 is 29.9 Å². The number of carbonyl (C=O) groups excluding carboxylic acids is 2. The third-order valence-corrected chi connectivity index (χ3v) is 5.57. The molecular formula is C21H32ClN3O2. The van der Waals surface area contributed by atoms with Crippen LogP contribution in [-0.4, -0.2) is 42.9 Å². The van der Waals surface area contributed by atoms with Gasteiger partial charge >= 0.3 is 0 Å². The number of anilines is 1. The van der Waals surface area contributed by atoms with Gasteiger partial charge in [-0.15, -0.1) is 12.4 Å². The van der Waals surface area contributed by atoms with E-state index in [4.69, 9.17) is 0 Å². The van der Waals surface area contributed by atoms with Gasteiger partial charge in [0, 0.05) is 30.9 Å². The molecule has 0 bridgehead atoms. The number of hydrogen-bond donors (Lipinski definition) is 2. The smallest absolute Gasteiger partial charge is 0.253 e. The van der Waals surface area contributed by atoms with Crippen molar-refractivity contribution in [2.75, 3.05) is 31.5 Å². The zero-order chi connectivity index (χ0) is 18.7. The van der Waals surface area contributed by atoms with E-state index in [1.54, 1.807) is 0 Å². The molecule has 0 aromatic heterocycles. The Labute approximate surface area is 168 Å². The van der Waals surface area contributed by atoms with Crippen LogP contribution >= 0.6 is 12.4 Å². The van der Waals surface area contributed by atoms with Crippen LogP contribution in [0.3, 0.4) is 0 Å². The number of carbonyl (C=O) groups is 2. The van der Waals surface area contributed by atoms with E-state index in [9.17, 15) is 9.59 Å². The largest absolute Gasteiger partial charge is 0.338 e. The Morgan fingerprint density at radius 2 is 1.89 bits per heavy atom. The second kappa shape index (κ2) is 9.56. The predicted molar refractivity (Wildman–Crippen MR) is 111 cm³/mol. The van der Waals surface area contributed by atoms with Gasteiger partial charge in [0.1, 0.15) is 0 Å². The third kappa shape index (κ3) is 5.45. The van der Waals surface area contributed by atoms with E-state index >= 15 is 0 Å². The number of likely N-dealkylation sites (tertiary alicyclic amines) is 1. The number of nitrogens with one attached hydrogen (secondary N) is 2. The fraction of sp³-hybridized carbons (Fsp3) is 0.619. The van der Waals surface area contributed by atoms with E-state index in [0.29, 0.717) is 17.4 Å². The lowest BCUT2D eigenvalue weighted by atomic mass is 9.91. The maximum atomic E-state index is 12.9. The first-order valence-corrected chi connectivity index (χ1v) is 9.85. The number of benzene rings is 1. The summed E-state index contributed by atoms with van der Waals surface area (Å²) in [4.78, 5) is 27.4. The topological polar surface area (TPSA) is 61.4 Å². The van der Waals surface area contributed by atoms with Gasteiger partial charge < -0.3 is 15.5 Å². The Bertz CT molecular complexity index is 663. The lowest BCUT2D eigenvalue weighted by Crippen LogP contribution is -2.42. The van der Waals surface area contributed by atoms with Crippen molar-refractivity contribution < 1.29 is 9.59 Å². The first-order valence-electron chi connectivity index (χ1n) is 9.85. The minimum atomic E-state index is 0. The molecular weight excluding hydrogens is 362 g/mol. The molecule has 0 saturated carbocycles. The van der Waals surface area contributed by atoms with Crippen molar-refractivity contribution in [3.8, 4) is 0 Å². The van der Waals surface area contributed by atoms with Gasteiger partial charge in [-0.05, 0) is 62.3 Å². The molecule has 6 heteroatoms. The molecule has 1 aromatic carbocycles. The molecule has 3 unspecified atom stereocenters. The van der Waals surface area contributed by atoms with Gasteiger partial charge in [-0.1, -0.05) is 19.9 Å². The average molecular weight is 394 g/mol. The van der Waals surface area contributed by atoms with Gasteiger partial charge in [-0.3, -0.25) is 9.59 Å². The second-order valence-electron chi connectivity index (χ2n) is 8.22. The summed E-state index contributed by atoms with van der Waals surface area (Å²) in [5, 5.41) is 6.32. The maximum Gasteiger partial charge on any atom is 0.253 e. The molecule has 1 aromatic rings.